The molecule has 126 valence electrons. The van der Waals surface area contributed by atoms with Crippen molar-refractivity contribution in [2.45, 2.75) is 39.8 Å². The molecule has 0 radical (unpaired) electrons. The number of likely N-dealkylation sites (tertiary alicyclic amines) is 1. The van der Waals surface area contributed by atoms with Crippen LogP contribution in [0.25, 0.3) is 0 Å². The quantitative estimate of drug-likeness (QED) is 0.505. The Bertz CT molecular complexity index is 536. The van der Waals surface area contributed by atoms with Gasteiger partial charge in [-0.3, -0.25) is 9.80 Å². The smallest absolute Gasteiger partial charge is 0.334 e. The summed E-state index contributed by atoms with van der Waals surface area (Å²) in [6.45, 7) is 6.16. The molecule has 0 aromatic heterocycles. The van der Waals surface area contributed by atoms with Gasteiger partial charge in [-0.25, -0.2) is 10.6 Å². The van der Waals surface area contributed by atoms with E-state index < -0.39 is 0 Å². The second-order valence-corrected chi connectivity index (χ2v) is 6.31. The first-order chi connectivity index (χ1) is 11.0. The van der Waals surface area contributed by atoms with Gasteiger partial charge in [-0.2, -0.15) is 0 Å². The van der Waals surface area contributed by atoms with Crippen LogP contribution in [0.15, 0.2) is 24.3 Å². The lowest BCUT2D eigenvalue weighted by molar-refractivity contribution is -0.119. The number of carbonyl (C=O) groups excluding carboxylic acids is 2. The zero-order valence-corrected chi connectivity index (χ0v) is 13.9. The van der Waals surface area contributed by atoms with Crippen LogP contribution < -0.4 is 11.2 Å². The van der Waals surface area contributed by atoms with E-state index in [-0.39, 0.29) is 11.9 Å². The Kier molecular flexibility index (Phi) is 5.98. The summed E-state index contributed by atoms with van der Waals surface area (Å²) < 4.78 is 0. The maximum absolute atomic E-state index is 12.3. The van der Waals surface area contributed by atoms with Crippen molar-refractivity contribution in [1.29, 1.82) is 0 Å². The van der Waals surface area contributed by atoms with Gasteiger partial charge in [0.25, 0.3) is 0 Å². The van der Waals surface area contributed by atoms with Gasteiger partial charge >= 0.3 is 6.03 Å². The maximum atomic E-state index is 12.3. The molecule has 1 aliphatic heterocycles. The van der Waals surface area contributed by atoms with Crippen LogP contribution in [0.5, 0.6) is 0 Å². The Balaban J connectivity index is 1.85. The van der Waals surface area contributed by atoms with Gasteiger partial charge in [0.15, 0.2) is 0 Å². The number of urea groups is 1. The van der Waals surface area contributed by atoms with Gasteiger partial charge in [-0.05, 0) is 29.9 Å². The van der Waals surface area contributed by atoms with E-state index in [2.05, 4.69) is 12.2 Å². The van der Waals surface area contributed by atoms with E-state index in [1.165, 1.54) is 11.9 Å². The highest BCUT2D eigenvalue weighted by atomic mass is 16.2. The zero-order valence-electron chi connectivity index (χ0n) is 13.9. The molecule has 0 saturated carbocycles. The van der Waals surface area contributed by atoms with Crippen LogP contribution >= 0.6 is 0 Å². The molecule has 3 amide bonds. The van der Waals surface area contributed by atoms with Crippen LogP contribution in [0.2, 0.25) is 0 Å². The molecule has 6 nitrogen and oxygen atoms in total. The van der Waals surface area contributed by atoms with E-state index in [0.29, 0.717) is 19.0 Å². The van der Waals surface area contributed by atoms with Crippen LogP contribution in [0.3, 0.4) is 0 Å². The molecule has 0 atom stereocenters. The number of nitrogens with one attached hydrogen (secondary N) is 1. The highest BCUT2D eigenvalue weighted by Gasteiger charge is 2.23. The van der Waals surface area contributed by atoms with Gasteiger partial charge in [0.1, 0.15) is 0 Å². The van der Waals surface area contributed by atoms with Crippen molar-refractivity contribution in [2.75, 3.05) is 13.1 Å². The lowest BCUT2D eigenvalue weighted by Gasteiger charge is -2.33. The molecule has 0 spiro atoms. The van der Waals surface area contributed by atoms with Gasteiger partial charge in [0.2, 0.25) is 5.91 Å². The van der Waals surface area contributed by atoms with Crippen LogP contribution in [0, 0.1) is 5.92 Å². The van der Waals surface area contributed by atoms with E-state index in [0.717, 1.165) is 37.1 Å². The molecule has 1 aliphatic rings. The van der Waals surface area contributed by atoms with Crippen molar-refractivity contribution in [3.8, 4) is 0 Å². The predicted molar refractivity (Wildman–Crippen MR) is 89.1 cm³/mol. The monoisotopic (exact) mass is 318 g/mol. The number of nitrogens with two attached hydrogens (primary N) is 1. The van der Waals surface area contributed by atoms with Gasteiger partial charge in [0.05, 0.1) is 6.54 Å². The first kappa shape index (κ1) is 17.3. The number of amides is 3. The number of nitrogens with zero attached hydrogens (tertiary/aromatic N) is 2. The van der Waals surface area contributed by atoms with E-state index in [4.69, 9.17) is 5.84 Å². The van der Waals surface area contributed by atoms with Crippen molar-refractivity contribution < 1.29 is 9.59 Å². The van der Waals surface area contributed by atoms with Gasteiger partial charge in [-0.1, -0.05) is 31.2 Å². The van der Waals surface area contributed by atoms with Crippen molar-refractivity contribution >= 4 is 11.9 Å². The minimum atomic E-state index is -0.112. The number of hydrogen-bond donors (Lipinski definition) is 2. The highest BCUT2D eigenvalue weighted by Crippen LogP contribution is 2.17. The van der Waals surface area contributed by atoms with Crippen LogP contribution in [-0.2, 0) is 17.9 Å². The third-order valence-electron chi connectivity index (χ3n) is 4.22. The molecule has 2 rings (SSSR count). The minimum Gasteiger partial charge on any atom is -0.352 e. The minimum absolute atomic E-state index is 0.0522. The fraction of sp³-hybridized carbons (Fsp3) is 0.529. The van der Waals surface area contributed by atoms with Crippen LogP contribution in [0.4, 0.5) is 4.79 Å². The molecule has 1 heterocycles. The van der Waals surface area contributed by atoms with E-state index in [1.54, 1.807) is 0 Å². The third kappa shape index (κ3) is 5.25. The maximum Gasteiger partial charge on any atom is 0.334 e. The number of carbonyl (C=O) groups is 2. The van der Waals surface area contributed by atoms with Crippen molar-refractivity contribution in [1.82, 2.24) is 15.2 Å². The third-order valence-corrected chi connectivity index (χ3v) is 4.22. The average Bonchev–Trinajstić information content (AvgIpc) is 2.54. The molecule has 1 fully saturated rings. The van der Waals surface area contributed by atoms with Crippen molar-refractivity contribution in [3.63, 3.8) is 0 Å². The lowest BCUT2D eigenvalue weighted by Crippen LogP contribution is -2.49. The Morgan fingerprint density at radius 3 is 2.35 bits per heavy atom. The van der Waals surface area contributed by atoms with E-state index in [1.807, 2.05) is 29.2 Å². The number of hydrazine groups is 1. The Labute approximate surface area is 137 Å². The first-order valence-electron chi connectivity index (χ1n) is 8.09. The largest absolute Gasteiger partial charge is 0.352 e. The normalized spacial score (nSPS) is 15.3. The molecule has 0 bridgehead atoms. The molecule has 0 unspecified atom stereocenters. The molecule has 1 aromatic carbocycles. The lowest BCUT2D eigenvalue weighted by atomic mass is 10.00. The number of piperidine rings is 1. The summed E-state index contributed by atoms with van der Waals surface area (Å²) in [5.41, 5.74) is 1.99. The topological polar surface area (TPSA) is 78.7 Å². The highest BCUT2D eigenvalue weighted by molar-refractivity contribution is 5.74. The molecule has 6 heteroatoms. The molecule has 0 aliphatic carbocycles. The fourth-order valence-electron chi connectivity index (χ4n) is 2.63. The molecule has 1 saturated heterocycles. The summed E-state index contributed by atoms with van der Waals surface area (Å²) in [7, 11) is 0. The number of benzene rings is 1. The van der Waals surface area contributed by atoms with Crippen molar-refractivity contribution in [2.24, 2.45) is 11.8 Å². The predicted octanol–water partition coefficient (Wildman–Crippen LogP) is 1.85. The molecule has 3 N–H and O–H groups in total. The van der Waals surface area contributed by atoms with E-state index >= 15 is 0 Å². The van der Waals surface area contributed by atoms with Gasteiger partial charge in [-0.15, -0.1) is 0 Å². The SMILES string of the molecule is CC(=O)NCc1ccc(CN(N)C(=O)N2CCC(C)CC2)cc1. The second kappa shape index (κ2) is 7.97. The van der Waals surface area contributed by atoms with Crippen molar-refractivity contribution in [3.05, 3.63) is 35.4 Å². The first-order valence-corrected chi connectivity index (χ1v) is 8.09. The Morgan fingerprint density at radius 1 is 1.22 bits per heavy atom. The van der Waals surface area contributed by atoms with E-state index in [9.17, 15) is 9.59 Å². The molecule has 23 heavy (non-hydrogen) atoms. The van der Waals surface area contributed by atoms with Crippen LogP contribution in [-0.4, -0.2) is 34.9 Å². The summed E-state index contributed by atoms with van der Waals surface area (Å²) in [6.07, 6.45) is 2.08. The van der Waals surface area contributed by atoms with Crippen LogP contribution in [0.1, 0.15) is 37.8 Å². The van der Waals surface area contributed by atoms with Gasteiger partial charge < -0.3 is 10.2 Å². The summed E-state index contributed by atoms with van der Waals surface area (Å²) in [5.74, 6) is 6.57. The summed E-state index contributed by atoms with van der Waals surface area (Å²) in [6, 6.07) is 7.63. The molecular formula is C17H26N4O2. The summed E-state index contributed by atoms with van der Waals surface area (Å²) in [4.78, 5) is 25.1. The second-order valence-electron chi connectivity index (χ2n) is 6.31. The number of rotatable bonds is 4. The summed E-state index contributed by atoms with van der Waals surface area (Å²) >= 11 is 0. The fourth-order valence-corrected chi connectivity index (χ4v) is 2.63. The van der Waals surface area contributed by atoms with Gasteiger partial charge in [0, 0.05) is 26.6 Å². The molecular weight excluding hydrogens is 292 g/mol. The Hall–Kier alpha value is -2.08. The Morgan fingerprint density at radius 2 is 1.78 bits per heavy atom. The number of hydrogen-bond acceptors (Lipinski definition) is 3. The zero-order chi connectivity index (χ0) is 16.8. The average molecular weight is 318 g/mol. The standard InChI is InChI=1S/C17H26N4O2/c1-13-7-9-20(10-8-13)17(23)21(18)12-16-5-3-15(4-6-16)11-19-14(2)22/h3-6,13H,7-12,18H2,1-2H3,(H,19,22). The molecule has 1 aromatic rings. The summed E-state index contributed by atoms with van der Waals surface area (Å²) in [5, 5.41) is 4.03.